The molecule has 1 fully saturated rings. The molecule has 9 heteroatoms. The summed E-state index contributed by atoms with van der Waals surface area (Å²) in [6.07, 6.45) is 4.02. The molecule has 1 radical (unpaired) electrons. The molecule has 1 aliphatic heterocycles. The van der Waals surface area contributed by atoms with Crippen LogP contribution in [0.25, 0.3) is 16.7 Å². The van der Waals surface area contributed by atoms with Crippen LogP contribution in [0, 0.1) is 17.8 Å². The van der Waals surface area contributed by atoms with Gasteiger partial charge in [-0.25, -0.2) is 9.37 Å². The van der Waals surface area contributed by atoms with Crippen LogP contribution >= 0.6 is 0 Å². The normalized spacial score (nSPS) is 18.6. The van der Waals surface area contributed by atoms with E-state index in [2.05, 4.69) is 28.2 Å². The predicted octanol–water partition coefficient (Wildman–Crippen LogP) is 3.69. The van der Waals surface area contributed by atoms with E-state index in [9.17, 15) is 0 Å². The molecule has 2 aromatic carbocycles. The van der Waals surface area contributed by atoms with E-state index in [0.29, 0.717) is 22.9 Å². The second-order valence-corrected chi connectivity index (χ2v) is 7.61. The van der Waals surface area contributed by atoms with Crippen molar-refractivity contribution in [2.75, 3.05) is 25.7 Å². The second kappa shape index (κ2) is 7.57. The molecule has 0 unspecified atom stereocenters. The van der Waals surface area contributed by atoms with Gasteiger partial charge >= 0.3 is 0 Å². The van der Waals surface area contributed by atoms with Gasteiger partial charge in [0.1, 0.15) is 5.82 Å². The van der Waals surface area contributed by atoms with Crippen molar-refractivity contribution in [1.82, 2.24) is 25.0 Å². The monoisotopic (exact) mass is 421 g/mol. The van der Waals surface area contributed by atoms with E-state index < -0.39 is 5.82 Å². The lowest BCUT2D eigenvalue weighted by Crippen LogP contribution is -2.26. The number of anilines is 1. The number of imidazole rings is 1. The van der Waals surface area contributed by atoms with Crippen molar-refractivity contribution in [3.05, 3.63) is 54.4 Å². The van der Waals surface area contributed by atoms with Crippen LogP contribution < -0.4 is 14.4 Å². The number of aromatic amines is 1. The summed E-state index contributed by atoms with van der Waals surface area (Å²) in [5.41, 5.74) is 2.57. The summed E-state index contributed by atoms with van der Waals surface area (Å²) >= 11 is 0. The minimum Gasteiger partial charge on any atom is -0.493 e. The zero-order chi connectivity index (χ0) is 21.5. The molecule has 1 N–H and O–H groups in total. The van der Waals surface area contributed by atoms with E-state index in [1.165, 1.54) is 4.80 Å². The number of rotatable bonds is 5. The van der Waals surface area contributed by atoms with Crippen molar-refractivity contribution in [3.8, 4) is 17.2 Å². The summed E-state index contributed by atoms with van der Waals surface area (Å²) in [4.78, 5) is 11.6. The van der Waals surface area contributed by atoms with Crippen LogP contribution in [0.4, 0.5) is 10.1 Å². The standard InChI is InChI=1S/C22H22FN6O2/c1-13-6-9-28(18-5-4-14(10-15(18)23)29-24-7-8-25-29)21(13)22-26-16-11-19(30-2)20(31-3)12-17(16)27-22/h4-5,7-8,11-13,21H,6,9H2,1-3H3,(H,26,27)/t13-,21-/m0/s1. The Kier molecular flexibility index (Phi) is 4.72. The molecule has 2 aromatic heterocycles. The summed E-state index contributed by atoms with van der Waals surface area (Å²) < 4.78 is 25.9. The van der Waals surface area contributed by atoms with Crippen LogP contribution in [0.2, 0.25) is 0 Å². The van der Waals surface area contributed by atoms with Gasteiger partial charge in [0.15, 0.2) is 17.3 Å². The maximum absolute atomic E-state index is 15.1. The zero-order valence-corrected chi connectivity index (χ0v) is 17.5. The number of H-pyrrole nitrogens is 1. The van der Waals surface area contributed by atoms with E-state index in [-0.39, 0.29) is 12.0 Å². The van der Waals surface area contributed by atoms with Gasteiger partial charge < -0.3 is 19.4 Å². The maximum atomic E-state index is 15.1. The number of benzene rings is 2. The van der Waals surface area contributed by atoms with Crippen LogP contribution in [-0.2, 0) is 0 Å². The number of nitrogens with one attached hydrogen (secondary N) is 1. The minimum absolute atomic E-state index is 0.0963. The number of hydrogen-bond acceptors (Lipinski definition) is 6. The Balaban J connectivity index is 1.53. The maximum Gasteiger partial charge on any atom is 0.163 e. The topological polar surface area (TPSA) is 81.1 Å². The summed E-state index contributed by atoms with van der Waals surface area (Å²) in [5.74, 6) is 1.88. The van der Waals surface area contributed by atoms with Gasteiger partial charge in [0.05, 0.1) is 61.1 Å². The number of halogens is 1. The molecule has 0 spiro atoms. The summed E-state index contributed by atoms with van der Waals surface area (Å²) in [6.45, 7) is 2.88. The third kappa shape index (κ3) is 3.26. The van der Waals surface area contributed by atoms with Gasteiger partial charge in [0, 0.05) is 18.7 Å². The fourth-order valence-electron chi connectivity index (χ4n) is 4.26. The molecule has 159 valence electrons. The molecule has 8 nitrogen and oxygen atoms in total. The van der Waals surface area contributed by atoms with Crippen LogP contribution in [0.1, 0.15) is 25.2 Å². The average Bonchev–Trinajstić information content (AvgIpc) is 3.51. The molecule has 1 aliphatic rings. The number of fused-ring (bicyclic) bond motifs is 1. The highest BCUT2D eigenvalue weighted by Crippen LogP contribution is 2.41. The quantitative estimate of drug-likeness (QED) is 0.529. The highest BCUT2D eigenvalue weighted by atomic mass is 19.1. The Labute approximate surface area is 178 Å². The van der Waals surface area contributed by atoms with E-state index >= 15 is 4.39 Å². The molecule has 4 aromatic rings. The van der Waals surface area contributed by atoms with Crippen LogP contribution in [0.3, 0.4) is 0 Å². The van der Waals surface area contributed by atoms with Crippen molar-refractivity contribution < 1.29 is 13.9 Å². The van der Waals surface area contributed by atoms with Gasteiger partial charge in [-0.1, -0.05) is 6.92 Å². The number of nitrogens with zero attached hydrogens (tertiary/aromatic N) is 5. The van der Waals surface area contributed by atoms with E-state index in [4.69, 9.17) is 14.5 Å². The number of aromatic nitrogens is 5. The van der Waals surface area contributed by atoms with Gasteiger partial charge in [0.25, 0.3) is 0 Å². The zero-order valence-electron chi connectivity index (χ0n) is 17.5. The molecule has 0 saturated carbocycles. The third-order valence-electron chi connectivity index (χ3n) is 5.79. The van der Waals surface area contributed by atoms with Crippen molar-refractivity contribution in [1.29, 1.82) is 0 Å². The average molecular weight is 421 g/mol. The highest BCUT2D eigenvalue weighted by Gasteiger charge is 2.36. The third-order valence-corrected chi connectivity index (χ3v) is 5.79. The first-order valence-electron chi connectivity index (χ1n) is 10.1. The molecule has 31 heavy (non-hydrogen) atoms. The fraction of sp³-hybridized carbons (Fsp3) is 0.318. The summed E-state index contributed by atoms with van der Waals surface area (Å²) in [7, 11) is 3.20. The van der Waals surface area contributed by atoms with E-state index in [1.807, 2.05) is 17.0 Å². The predicted molar refractivity (Wildman–Crippen MR) is 113 cm³/mol. The highest BCUT2D eigenvalue weighted by molar-refractivity contribution is 5.80. The molecule has 5 rings (SSSR count). The lowest BCUT2D eigenvalue weighted by molar-refractivity contribution is 0.356. The van der Waals surface area contributed by atoms with Crippen LogP contribution in [0.5, 0.6) is 11.5 Å². The van der Waals surface area contributed by atoms with Gasteiger partial charge in [-0.3, -0.25) is 0 Å². The Morgan fingerprint density at radius 1 is 1.13 bits per heavy atom. The molecular weight excluding hydrogens is 399 g/mol. The number of ether oxygens (including phenoxy) is 2. The lowest BCUT2D eigenvalue weighted by atomic mass is 10.0. The molecule has 3 heterocycles. The van der Waals surface area contributed by atoms with E-state index in [1.54, 1.807) is 38.7 Å². The first-order valence-corrected chi connectivity index (χ1v) is 10.1. The molecule has 0 aliphatic carbocycles. The van der Waals surface area contributed by atoms with Crippen LogP contribution in [-0.4, -0.2) is 45.7 Å². The second-order valence-electron chi connectivity index (χ2n) is 7.61. The molecule has 1 saturated heterocycles. The summed E-state index contributed by atoms with van der Waals surface area (Å²) in [5, 5.41) is 8.08. The Morgan fingerprint density at radius 2 is 1.87 bits per heavy atom. The minimum atomic E-state index is -0.437. The molecular formula is C22H22FN6O2. The number of methoxy groups -OCH3 is 2. The van der Waals surface area contributed by atoms with Gasteiger partial charge in [0.2, 0.25) is 0 Å². The Morgan fingerprint density at radius 3 is 2.58 bits per heavy atom. The Bertz CT molecular complexity index is 1180. The van der Waals surface area contributed by atoms with Gasteiger partial charge in [-0.2, -0.15) is 15.0 Å². The van der Waals surface area contributed by atoms with Crippen molar-refractivity contribution in [2.45, 2.75) is 19.4 Å². The smallest absolute Gasteiger partial charge is 0.163 e. The van der Waals surface area contributed by atoms with Crippen molar-refractivity contribution in [3.63, 3.8) is 0 Å². The molecule has 2 atom stereocenters. The van der Waals surface area contributed by atoms with Gasteiger partial charge in [-0.05, 0) is 24.5 Å². The van der Waals surface area contributed by atoms with E-state index in [0.717, 1.165) is 29.8 Å². The molecule has 0 bridgehead atoms. The lowest BCUT2D eigenvalue weighted by Gasteiger charge is -2.27. The molecule has 0 amide bonds. The Hall–Kier alpha value is -3.62. The first kappa shape index (κ1) is 19.3. The SMILES string of the molecule is COc1cc2nc([C@@H]3[C@@H](C)CCN3c3ccc(-n4nccn4)[c]c3F)[nH]c2cc1OC. The fourth-order valence-corrected chi connectivity index (χ4v) is 4.26. The number of hydrogen-bond donors (Lipinski definition) is 1. The van der Waals surface area contributed by atoms with Crippen molar-refractivity contribution in [2.24, 2.45) is 5.92 Å². The van der Waals surface area contributed by atoms with Crippen molar-refractivity contribution >= 4 is 16.7 Å². The first-order chi connectivity index (χ1) is 15.1. The van der Waals surface area contributed by atoms with Gasteiger partial charge in [-0.15, -0.1) is 0 Å². The largest absolute Gasteiger partial charge is 0.493 e. The van der Waals surface area contributed by atoms with Crippen LogP contribution in [0.15, 0.2) is 36.7 Å². The summed E-state index contributed by atoms with van der Waals surface area (Å²) in [6, 6.07) is 9.91.